The Bertz CT molecular complexity index is 1050. The van der Waals surface area contributed by atoms with Crippen LogP contribution in [0.15, 0.2) is 0 Å². The standard InChI is InChI=1S/C54H108NO8P/c1-6-8-10-12-14-16-18-20-21-22-23-24-25-26-27-28-29-30-31-32-33-34-35-37-39-41-43-45-47-54(57)63-52(51-62-64(58,59)61-49-48-55(3,4)5)50-60-53(56)46-44-42-40-38-36-19-17-15-13-11-9-7-2/h52H,6-51H2,1-5H3. The molecule has 0 spiro atoms. The number of hydrogen-bond acceptors (Lipinski definition) is 8. The summed E-state index contributed by atoms with van der Waals surface area (Å²) >= 11 is 0. The van der Waals surface area contributed by atoms with Crippen molar-refractivity contribution in [3.63, 3.8) is 0 Å². The van der Waals surface area contributed by atoms with Crippen molar-refractivity contribution >= 4 is 19.8 Å². The van der Waals surface area contributed by atoms with Crippen LogP contribution in [0.2, 0.25) is 0 Å². The van der Waals surface area contributed by atoms with Gasteiger partial charge in [0, 0.05) is 12.8 Å². The summed E-state index contributed by atoms with van der Waals surface area (Å²) in [6.07, 6.45) is 51.6. The van der Waals surface area contributed by atoms with Gasteiger partial charge >= 0.3 is 11.9 Å². The first-order valence-corrected chi connectivity index (χ1v) is 29.2. The van der Waals surface area contributed by atoms with Crippen LogP contribution in [0.1, 0.15) is 284 Å². The average Bonchev–Trinajstić information content (AvgIpc) is 3.25. The van der Waals surface area contributed by atoms with Gasteiger partial charge in [0.2, 0.25) is 0 Å². The van der Waals surface area contributed by atoms with Gasteiger partial charge in [-0.25, -0.2) is 0 Å². The van der Waals surface area contributed by atoms with Gasteiger partial charge in [0.1, 0.15) is 19.8 Å². The van der Waals surface area contributed by atoms with E-state index in [0.717, 1.165) is 32.1 Å². The molecule has 0 heterocycles. The van der Waals surface area contributed by atoms with E-state index in [4.69, 9.17) is 18.5 Å². The molecule has 0 rings (SSSR count). The third kappa shape index (κ3) is 50.4. The molecule has 0 radical (unpaired) electrons. The van der Waals surface area contributed by atoms with E-state index >= 15 is 0 Å². The van der Waals surface area contributed by atoms with Crippen LogP contribution in [0.25, 0.3) is 0 Å². The minimum Gasteiger partial charge on any atom is -0.756 e. The molecule has 0 aliphatic rings. The molecule has 9 nitrogen and oxygen atoms in total. The average molecular weight is 930 g/mol. The highest BCUT2D eigenvalue weighted by Gasteiger charge is 2.22. The highest BCUT2D eigenvalue weighted by Crippen LogP contribution is 2.38. The molecule has 10 heteroatoms. The minimum absolute atomic E-state index is 0.0254. The first kappa shape index (κ1) is 63.0. The van der Waals surface area contributed by atoms with Crippen LogP contribution in [0.5, 0.6) is 0 Å². The van der Waals surface area contributed by atoms with Crippen LogP contribution in [-0.4, -0.2) is 70.0 Å². The number of rotatable bonds is 52. The van der Waals surface area contributed by atoms with Crippen molar-refractivity contribution < 1.29 is 42.1 Å². The van der Waals surface area contributed by atoms with Crippen molar-refractivity contribution in [2.24, 2.45) is 0 Å². The Hall–Kier alpha value is -0.990. The van der Waals surface area contributed by atoms with Crippen LogP contribution in [0.3, 0.4) is 0 Å². The Morgan fingerprint density at radius 2 is 0.703 bits per heavy atom. The summed E-state index contributed by atoms with van der Waals surface area (Å²) in [5, 5.41) is 0. The molecule has 0 aromatic carbocycles. The lowest BCUT2D eigenvalue weighted by Crippen LogP contribution is -2.37. The molecule has 382 valence electrons. The second-order valence-corrected chi connectivity index (χ2v) is 21.7. The van der Waals surface area contributed by atoms with E-state index in [9.17, 15) is 19.0 Å². The number of likely N-dealkylation sites (N-methyl/N-ethyl adjacent to an activating group) is 1. The molecule has 0 bridgehead atoms. The van der Waals surface area contributed by atoms with Gasteiger partial charge in [-0.1, -0.05) is 258 Å². The summed E-state index contributed by atoms with van der Waals surface area (Å²) in [5.41, 5.74) is 0. The van der Waals surface area contributed by atoms with Crippen molar-refractivity contribution in [3.8, 4) is 0 Å². The second-order valence-electron chi connectivity index (χ2n) is 20.3. The Kier molecular flexibility index (Phi) is 46.4. The first-order chi connectivity index (χ1) is 31.0. The van der Waals surface area contributed by atoms with Crippen LogP contribution in [0.4, 0.5) is 0 Å². The number of nitrogens with zero attached hydrogens (tertiary/aromatic N) is 1. The van der Waals surface area contributed by atoms with Crippen molar-refractivity contribution in [1.82, 2.24) is 0 Å². The van der Waals surface area contributed by atoms with E-state index in [1.165, 1.54) is 218 Å². The maximum Gasteiger partial charge on any atom is 0.306 e. The monoisotopic (exact) mass is 930 g/mol. The molecule has 0 fully saturated rings. The smallest absolute Gasteiger partial charge is 0.306 e. The van der Waals surface area contributed by atoms with Crippen molar-refractivity contribution in [2.45, 2.75) is 290 Å². The Morgan fingerprint density at radius 1 is 0.422 bits per heavy atom. The van der Waals surface area contributed by atoms with E-state index in [1.807, 2.05) is 21.1 Å². The lowest BCUT2D eigenvalue weighted by molar-refractivity contribution is -0.870. The zero-order chi connectivity index (χ0) is 47.1. The highest BCUT2D eigenvalue weighted by atomic mass is 31.2. The Morgan fingerprint density at radius 3 is 1.00 bits per heavy atom. The molecule has 0 N–H and O–H groups in total. The summed E-state index contributed by atoms with van der Waals surface area (Å²) < 4.78 is 34.1. The number of carbonyl (C=O) groups excluding carboxylic acids is 2. The van der Waals surface area contributed by atoms with Gasteiger partial charge in [0.15, 0.2) is 6.10 Å². The number of unbranched alkanes of at least 4 members (excludes halogenated alkanes) is 38. The van der Waals surface area contributed by atoms with Gasteiger partial charge in [0.25, 0.3) is 7.82 Å². The fourth-order valence-corrected chi connectivity index (χ4v) is 9.03. The highest BCUT2D eigenvalue weighted by molar-refractivity contribution is 7.45. The fourth-order valence-electron chi connectivity index (χ4n) is 8.31. The van der Waals surface area contributed by atoms with Crippen molar-refractivity contribution in [3.05, 3.63) is 0 Å². The van der Waals surface area contributed by atoms with Gasteiger partial charge in [-0.3, -0.25) is 14.2 Å². The largest absolute Gasteiger partial charge is 0.756 e. The molecule has 2 unspecified atom stereocenters. The number of carbonyl (C=O) groups is 2. The fraction of sp³-hybridized carbons (Fsp3) is 0.963. The molecule has 0 saturated carbocycles. The third-order valence-corrected chi connectivity index (χ3v) is 13.6. The summed E-state index contributed by atoms with van der Waals surface area (Å²) in [6, 6.07) is 0. The molecule has 0 saturated heterocycles. The molecule has 0 aliphatic carbocycles. The normalized spacial score (nSPS) is 13.3. The number of quaternary nitrogens is 1. The van der Waals surface area contributed by atoms with Gasteiger partial charge < -0.3 is 27.9 Å². The van der Waals surface area contributed by atoms with Crippen LogP contribution in [-0.2, 0) is 32.7 Å². The maximum atomic E-state index is 12.8. The molecule has 0 amide bonds. The first-order valence-electron chi connectivity index (χ1n) is 27.7. The summed E-state index contributed by atoms with van der Waals surface area (Å²) in [5.74, 6) is -0.814. The van der Waals surface area contributed by atoms with E-state index < -0.39 is 26.5 Å². The van der Waals surface area contributed by atoms with Crippen LogP contribution < -0.4 is 4.89 Å². The van der Waals surface area contributed by atoms with Gasteiger partial charge in [0.05, 0.1) is 27.7 Å². The van der Waals surface area contributed by atoms with Crippen molar-refractivity contribution in [2.75, 3.05) is 47.5 Å². The molecule has 2 atom stereocenters. The number of esters is 2. The predicted octanol–water partition coefficient (Wildman–Crippen LogP) is 16.1. The topological polar surface area (TPSA) is 111 Å². The van der Waals surface area contributed by atoms with Crippen molar-refractivity contribution in [1.29, 1.82) is 0 Å². The summed E-state index contributed by atoms with van der Waals surface area (Å²) in [4.78, 5) is 37.7. The zero-order valence-corrected chi connectivity index (χ0v) is 44.2. The van der Waals surface area contributed by atoms with Gasteiger partial charge in [-0.15, -0.1) is 0 Å². The van der Waals surface area contributed by atoms with Crippen LogP contribution >= 0.6 is 7.82 Å². The molecular weight excluding hydrogens is 822 g/mol. The Labute approximate surface area is 397 Å². The number of ether oxygens (including phenoxy) is 2. The van der Waals surface area contributed by atoms with Gasteiger partial charge in [-0.05, 0) is 12.8 Å². The molecular formula is C54H108NO8P. The predicted molar refractivity (Wildman–Crippen MR) is 269 cm³/mol. The SMILES string of the molecule is CCCCCCCCCCCCCCCCCCCCCCCCCCCCCCC(=O)OC(COC(=O)CCCCCCCCCCCCCC)COP(=O)([O-])OCC[N+](C)(C)C. The maximum absolute atomic E-state index is 12.8. The Balaban J connectivity index is 4.02. The molecule has 64 heavy (non-hydrogen) atoms. The van der Waals surface area contributed by atoms with E-state index in [1.54, 1.807) is 0 Å². The number of phosphoric ester groups is 1. The quantitative estimate of drug-likeness (QED) is 0.0257. The van der Waals surface area contributed by atoms with E-state index in [-0.39, 0.29) is 32.0 Å². The number of hydrogen-bond donors (Lipinski definition) is 0. The lowest BCUT2D eigenvalue weighted by atomic mass is 10.0. The molecule has 0 aromatic heterocycles. The van der Waals surface area contributed by atoms with E-state index in [0.29, 0.717) is 17.4 Å². The number of phosphoric acid groups is 1. The summed E-state index contributed by atoms with van der Waals surface area (Å²) in [6.45, 7) is 4.29. The minimum atomic E-state index is -4.62. The summed E-state index contributed by atoms with van der Waals surface area (Å²) in [7, 11) is 1.19. The van der Waals surface area contributed by atoms with E-state index in [2.05, 4.69) is 13.8 Å². The van der Waals surface area contributed by atoms with Gasteiger partial charge in [-0.2, -0.15) is 0 Å². The molecule has 0 aromatic rings. The molecule has 0 aliphatic heterocycles. The second kappa shape index (κ2) is 47.1. The zero-order valence-electron chi connectivity index (χ0n) is 43.3. The third-order valence-electron chi connectivity index (χ3n) is 12.6. The van der Waals surface area contributed by atoms with Crippen LogP contribution in [0, 0.1) is 0 Å². The lowest BCUT2D eigenvalue weighted by Gasteiger charge is -2.28.